The molecule has 29 heavy (non-hydrogen) atoms. The van der Waals surface area contributed by atoms with E-state index in [1.807, 2.05) is 12.1 Å². The molecule has 0 bridgehead atoms. The number of benzene rings is 1. The molecule has 1 fully saturated rings. The molecule has 0 spiro atoms. The standard InChI is InChI=1S/C20H28ClN5O3/c1-13(22-19(28)29-20(2,3)4)17-23-15-8-6-7-14(21)16(15)18(27)26(17)25-11-9-24(5)10-12-25/h6-8,13H,9-12H2,1-5H3,(H,22,28)/t13-/m0/s1. The van der Waals surface area contributed by atoms with E-state index in [9.17, 15) is 9.59 Å². The van der Waals surface area contributed by atoms with E-state index in [1.54, 1.807) is 50.6 Å². The first-order valence-corrected chi connectivity index (χ1v) is 10.1. The molecule has 1 aliphatic heterocycles. The van der Waals surface area contributed by atoms with Gasteiger partial charge in [0.05, 0.1) is 22.0 Å². The number of fused-ring (bicyclic) bond motifs is 1. The Balaban J connectivity index is 2.06. The number of rotatable bonds is 3. The molecule has 1 aromatic heterocycles. The summed E-state index contributed by atoms with van der Waals surface area (Å²) in [5, 5.41) is 5.49. The number of hydrogen-bond acceptors (Lipinski definition) is 6. The average Bonchev–Trinajstić information content (AvgIpc) is 2.60. The van der Waals surface area contributed by atoms with E-state index in [0.717, 1.165) is 13.1 Å². The summed E-state index contributed by atoms with van der Waals surface area (Å²) in [4.78, 5) is 32.6. The highest BCUT2D eigenvalue weighted by Gasteiger charge is 2.26. The van der Waals surface area contributed by atoms with Crippen LogP contribution in [0.15, 0.2) is 23.0 Å². The van der Waals surface area contributed by atoms with Gasteiger partial charge in [-0.2, -0.15) is 0 Å². The van der Waals surface area contributed by atoms with Crippen LogP contribution in [0.5, 0.6) is 0 Å². The summed E-state index contributed by atoms with van der Waals surface area (Å²) in [5.74, 6) is 0.445. The molecule has 9 heteroatoms. The number of nitrogens with one attached hydrogen (secondary N) is 1. The molecule has 0 saturated carbocycles. The number of hydrogen-bond donors (Lipinski definition) is 1. The number of amides is 1. The van der Waals surface area contributed by atoms with Crippen molar-refractivity contribution in [3.63, 3.8) is 0 Å². The molecule has 1 N–H and O–H groups in total. The van der Waals surface area contributed by atoms with Gasteiger partial charge in [0.15, 0.2) is 5.82 Å². The SMILES string of the molecule is C[C@H](NC(=O)OC(C)(C)C)c1nc2cccc(Cl)c2c(=O)n1N1CCN(C)CC1. The third-order valence-corrected chi connectivity index (χ3v) is 5.05. The van der Waals surface area contributed by atoms with Gasteiger partial charge in [0, 0.05) is 26.2 Å². The fraction of sp³-hybridized carbons (Fsp3) is 0.550. The van der Waals surface area contributed by atoms with Gasteiger partial charge >= 0.3 is 6.09 Å². The van der Waals surface area contributed by atoms with Crippen LogP contribution in [0.1, 0.15) is 39.6 Å². The average molecular weight is 422 g/mol. The molecule has 3 rings (SSSR count). The van der Waals surface area contributed by atoms with Crippen LogP contribution in [0.25, 0.3) is 10.9 Å². The lowest BCUT2D eigenvalue weighted by Gasteiger charge is -2.36. The fourth-order valence-corrected chi connectivity index (χ4v) is 3.55. The van der Waals surface area contributed by atoms with Crippen molar-refractivity contribution in [2.75, 3.05) is 38.2 Å². The number of alkyl carbamates (subject to hydrolysis) is 1. The van der Waals surface area contributed by atoms with Crippen LogP contribution in [0.2, 0.25) is 5.02 Å². The molecule has 8 nitrogen and oxygen atoms in total. The molecule has 1 saturated heterocycles. The largest absolute Gasteiger partial charge is 0.444 e. The van der Waals surface area contributed by atoms with Crippen molar-refractivity contribution in [3.05, 3.63) is 39.4 Å². The molecule has 0 unspecified atom stereocenters. The zero-order chi connectivity index (χ0) is 21.3. The molecule has 2 heterocycles. The monoisotopic (exact) mass is 421 g/mol. The van der Waals surface area contributed by atoms with Crippen LogP contribution < -0.4 is 15.9 Å². The van der Waals surface area contributed by atoms with E-state index in [4.69, 9.17) is 21.3 Å². The molecule has 1 aromatic carbocycles. The zero-order valence-electron chi connectivity index (χ0n) is 17.5. The lowest BCUT2D eigenvalue weighted by atomic mass is 10.2. The van der Waals surface area contributed by atoms with Crippen LogP contribution >= 0.6 is 11.6 Å². The van der Waals surface area contributed by atoms with Crippen molar-refractivity contribution in [1.29, 1.82) is 0 Å². The van der Waals surface area contributed by atoms with Gasteiger partial charge in [-0.05, 0) is 46.9 Å². The normalized spacial score (nSPS) is 16.7. The van der Waals surface area contributed by atoms with Crippen molar-refractivity contribution in [3.8, 4) is 0 Å². The number of ether oxygens (including phenoxy) is 1. The van der Waals surface area contributed by atoms with Gasteiger partial charge in [-0.3, -0.25) is 4.79 Å². The van der Waals surface area contributed by atoms with Crippen molar-refractivity contribution >= 4 is 28.6 Å². The number of nitrogens with zero attached hydrogens (tertiary/aromatic N) is 4. The van der Waals surface area contributed by atoms with Gasteiger partial charge in [-0.15, -0.1) is 0 Å². The maximum Gasteiger partial charge on any atom is 0.408 e. The molecule has 2 aromatic rings. The second kappa shape index (κ2) is 8.20. The van der Waals surface area contributed by atoms with Gasteiger partial charge in [0.2, 0.25) is 0 Å². The van der Waals surface area contributed by atoms with Crippen LogP contribution in [-0.4, -0.2) is 59.5 Å². The Hall–Kier alpha value is -2.32. The van der Waals surface area contributed by atoms with Crippen LogP contribution in [0.3, 0.4) is 0 Å². The summed E-state index contributed by atoms with van der Waals surface area (Å²) < 4.78 is 6.92. The Bertz CT molecular complexity index is 961. The van der Waals surface area contributed by atoms with E-state index in [-0.39, 0.29) is 5.56 Å². The first-order valence-electron chi connectivity index (χ1n) is 9.71. The van der Waals surface area contributed by atoms with E-state index >= 15 is 0 Å². The number of halogens is 1. The lowest BCUT2D eigenvalue weighted by Crippen LogP contribution is -2.55. The number of carbonyl (C=O) groups is 1. The minimum Gasteiger partial charge on any atom is -0.444 e. The van der Waals surface area contributed by atoms with Crippen LogP contribution in [0, 0.1) is 0 Å². The number of piperazine rings is 1. The highest BCUT2D eigenvalue weighted by Crippen LogP contribution is 2.21. The van der Waals surface area contributed by atoms with Crippen molar-refractivity contribution in [1.82, 2.24) is 19.9 Å². The Labute approximate surface area is 175 Å². The molecule has 0 radical (unpaired) electrons. The molecule has 1 aliphatic rings. The smallest absolute Gasteiger partial charge is 0.408 e. The van der Waals surface area contributed by atoms with Crippen molar-refractivity contribution in [2.24, 2.45) is 0 Å². The van der Waals surface area contributed by atoms with Gasteiger partial charge in [-0.1, -0.05) is 17.7 Å². The van der Waals surface area contributed by atoms with Crippen LogP contribution in [-0.2, 0) is 4.74 Å². The molecule has 0 aliphatic carbocycles. The number of likely N-dealkylation sites (N-methyl/N-ethyl adjacent to an activating group) is 1. The summed E-state index contributed by atoms with van der Waals surface area (Å²) in [6, 6.07) is 4.65. The van der Waals surface area contributed by atoms with E-state index in [0.29, 0.717) is 34.8 Å². The van der Waals surface area contributed by atoms with Crippen LogP contribution in [0.4, 0.5) is 4.79 Å². The molecular formula is C20H28ClN5O3. The summed E-state index contributed by atoms with van der Waals surface area (Å²) in [7, 11) is 2.04. The maximum atomic E-state index is 13.4. The molecule has 1 atom stereocenters. The second-order valence-corrected chi connectivity index (χ2v) is 8.75. The maximum absolute atomic E-state index is 13.4. The number of aromatic nitrogens is 2. The van der Waals surface area contributed by atoms with Gasteiger partial charge < -0.3 is 20.0 Å². The Morgan fingerprint density at radius 3 is 2.52 bits per heavy atom. The Kier molecular flexibility index (Phi) is 6.05. The summed E-state index contributed by atoms with van der Waals surface area (Å²) in [5.41, 5.74) is -0.357. The van der Waals surface area contributed by atoms with Crippen molar-refractivity contribution in [2.45, 2.75) is 39.3 Å². The zero-order valence-corrected chi connectivity index (χ0v) is 18.3. The quantitative estimate of drug-likeness (QED) is 0.820. The topological polar surface area (TPSA) is 79.7 Å². The van der Waals surface area contributed by atoms with Crippen molar-refractivity contribution < 1.29 is 9.53 Å². The van der Waals surface area contributed by atoms with E-state index in [2.05, 4.69) is 10.2 Å². The summed E-state index contributed by atoms with van der Waals surface area (Å²) in [6.45, 7) is 10.2. The third-order valence-electron chi connectivity index (χ3n) is 4.73. The van der Waals surface area contributed by atoms with Gasteiger partial charge in [-0.25, -0.2) is 14.5 Å². The minimum atomic E-state index is -0.620. The fourth-order valence-electron chi connectivity index (χ4n) is 3.30. The van der Waals surface area contributed by atoms with Gasteiger partial charge in [0.25, 0.3) is 5.56 Å². The highest BCUT2D eigenvalue weighted by atomic mass is 35.5. The highest BCUT2D eigenvalue weighted by molar-refractivity contribution is 6.35. The molecule has 158 valence electrons. The Morgan fingerprint density at radius 2 is 1.90 bits per heavy atom. The first kappa shape index (κ1) is 21.4. The summed E-state index contributed by atoms with van der Waals surface area (Å²) >= 11 is 6.32. The molecular weight excluding hydrogens is 394 g/mol. The predicted molar refractivity (Wildman–Crippen MR) is 114 cm³/mol. The molecule has 1 amide bonds. The Morgan fingerprint density at radius 1 is 1.24 bits per heavy atom. The number of carbonyl (C=O) groups excluding carboxylic acids is 1. The summed E-state index contributed by atoms with van der Waals surface area (Å²) in [6.07, 6.45) is -0.560. The third kappa shape index (κ3) is 4.82. The van der Waals surface area contributed by atoms with E-state index in [1.165, 1.54) is 0 Å². The van der Waals surface area contributed by atoms with Gasteiger partial charge in [0.1, 0.15) is 5.60 Å². The lowest BCUT2D eigenvalue weighted by molar-refractivity contribution is 0.0504. The first-order chi connectivity index (χ1) is 13.6. The van der Waals surface area contributed by atoms with E-state index < -0.39 is 17.7 Å². The predicted octanol–water partition coefficient (Wildman–Crippen LogP) is 2.52. The second-order valence-electron chi connectivity index (χ2n) is 8.35. The minimum absolute atomic E-state index is 0.238.